The number of pyridine rings is 1. The molecule has 3 heteroatoms. The predicted molar refractivity (Wildman–Crippen MR) is 63.8 cm³/mol. The molecule has 2 rings (SSSR count). The fraction of sp³-hybridized carbons (Fsp3) is 0.308. The summed E-state index contributed by atoms with van der Waals surface area (Å²) >= 11 is 0. The van der Waals surface area contributed by atoms with E-state index in [-0.39, 0.29) is 5.75 Å². The van der Waals surface area contributed by atoms with Crippen LogP contribution in [0.2, 0.25) is 0 Å². The average Bonchev–Trinajstić information content (AvgIpc) is 2.30. The Labute approximate surface area is 94.7 Å². The molecule has 2 aromatic rings. The molecule has 0 amide bonds. The van der Waals surface area contributed by atoms with Crippen molar-refractivity contribution in [3.05, 3.63) is 30.6 Å². The van der Waals surface area contributed by atoms with Crippen LogP contribution < -0.4 is 4.74 Å². The molecule has 0 spiro atoms. The molecule has 84 valence electrons. The molecule has 0 atom stereocenters. The van der Waals surface area contributed by atoms with E-state index >= 15 is 0 Å². The molecule has 0 bridgehead atoms. The van der Waals surface area contributed by atoms with Crippen molar-refractivity contribution in [3.8, 4) is 11.5 Å². The molecule has 0 fully saturated rings. The number of hydrogen-bond donors (Lipinski definition) is 1. The summed E-state index contributed by atoms with van der Waals surface area (Å²) in [5.74, 6) is 1.03. The molecular weight excluding hydrogens is 202 g/mol. The highest BCUT2D eigenvalue weighted by molar-refractivity contribution is 5.88. The van der Waals surface area contributed by atoms with Gasteiger partial charge in [-0.2, -0.15) is 0 Å². The van der Waals surface area contributed by atoms with Crippen LogP contribution in [-0.2, 0) is 0 Å². The monoisotopic (exact) mass is 217 g/mol. The third-order valence-electron chi connectivity index (χ3n) is 2.48. The van der Waals surface area contributed by atoms with E-state index in [2.05, 4.69) is 11.9 Å². The number of hydrogen-bond acceptors (Lipinski definition) is 3. The largest absolute Gasteiger partial charge is 0.506 e. The van der Waals surface area contributed by atoms with Crippen molar-refractivity contribution in [2.24, 2.45) is 0 Å². The highest BCUT2D eigenvalue weighted by Crippen LogP contribution is 2.26. The van der Waals surface area contributed by atoms with E-state index in [9.17, 15) is 5.11 Å². The summed E-state index contributed by atoms with van der Waals surface area (Å²) in [6, 6.07) is 5.63. The van der Waals surface area contributed by atoms with Crippen molar-refractivity contribution in [3.63, 3.8) is 0 Å². The number of ether oxygens (including phenoxy) is 1. The van der Waals surface area contributed by atoms with Crippen LogP contribution in [0.1, 0.15) is 19.8 Å². The first-order valence-electron chi connectivity index (χ1n) is 5.51. The lowest BCUT2D eigenvalue weighted by atomic mass is 10.1. The summed E-state index contributed by atoms with van der Waals surface area (Å²) < 4.78 is 5.58. The molecule has 0 aliphatic heterocycles. The molecule has 3 nitrogen and oxygen atoms in total. The third-order valence-corrected chi connectivity index (χ3v) is 2.48. The minimum absolute atomic E-state index is 0.206. The maximum absolute atomic E-state index is 9.57. The zero-order valence-electron chi connectivity index (χ0n) is 9.31. The Morgan fingerprint density at radius 1 is 1.31 bits per heavy atom. The number of aromatic hydroxyl groups is 1. The van der Waals surface area contributed by atoms with Crippen LogP contribution in [0.4, 0.5) is 0 Å². The zero-order chi connectivity index (χ0) is 11.4. The molecule has 0 unspecified atom stereocenters. The SMILES string of the molecule is CCCCOc1ccc2c(O)cncc2c1. The Morgan fingerprint density at radius 3 is 3.00 bits per heavy atom. The van der Waals surface area contributed by atoms with Gasteiger partial charge in [0.1, 0.15) is 11.5 Å². The van der Waals surface area contributed by atoms with Crippen LogP contribution in [0.15, 0.2) is 30.6 Å². The van der Waals surface area contributed by atoms with Crippen molar-refractivity contribution < 1.29 is 9.84 Å². The van der Waals surface area contributed by atoms with E-state index in [0.29, 0.717) is 0 Å². The first-order chi connectivity index (χ1) is 7.81. The van der Waals surface area contributed by atoms with Crippen molar-refractivity contribution in [2.45, 2.75) is 19.8 Å². The van der Waals surface area contributed by atoms with Gasteiger partial charge in [0.2, 0.25) is 0 Å². The minimum Gasteiger partial charge on any atom is -0.506 e. The Hall–Kier alpha value is -1.77. The number of rotatable bonds is 4. The van der Waals surface area contributed by atoms with Gasteiger partial charge in [-0.15, -0.1) is 0 Å². The van der Waals surface area contributed by atoms with Crippen molar-refractivity contribution in [1.29, 1.82) is 0 Å². The summed E-state index contributed by atoms with van der Waals surface area (Å²) in [5.41, 5.74) is 0. The van der Waals surface area contributed by atoms with Gasteiger partial charge in [0.25, 0.3) is 0 Å². The van der Waals surface area contributed by atoms with E-state index < -0.39 is 0 Å². The highest BCUT2D eigenvalue weighted by atomic mass is 16.5. The van der Waals surface area contributed by atoms with E-state index in [0.717, 1.165) is 36.0 Å². The maximum Gasteiger partial charge on any atom is 0.141 e. The molecule has 1 aromatic carbocycles. The predicted octanol–water partition coefficient (Wildman–Crippen LogP) is 3.12. The summed E-state index contributed by atoms with van der Waals surface area (Å²) in [4.78, 5) is 3.94. The lowest BCUT2D eigenvalue weighted by Crippen LogP contribution is -1.96. The van der Waals surface area contributed by atoms with Gasteiger partial charge in [0, 0.05) is 17.0 Å². The number of nitrogens with zero attached hydrogens (tertiary/aromatic N) is 1. The lowest BCUT2D eigenvalue weighted by molar-refractivity contribution is 0.310. The molecule has 1 N–H and O–H groups in total. The van der Waals surface area contributed by atoms with Crippen molar-refractivity contribution >= 4 is 10.8 Å². The maximum atomic E-state index is 9.57. The Kier molecular flexibility index (Phi) is 3.25. The molecule has 0 aliphatic rings. The zero-order valence-corrected chi connectivity index (χ0v) is 9.31. The van der Waals surface area contributed by atoms with Crippen LogP contribution in [0.25, 0.3) is 10.8 Å². The molecule has 1 aromatic heterocycles. The molecule has 16 heavy (non-hydrogen) atoms. The number of fused-ring (bicyclic) bond motifs is 1. The van der Waals surface area contributed by atoms with Crippen LogP contribution in [0, 0.1) is 0 Å². The molecule has 0 saturated carbocycles. The Morgan fingerprint density at radius 2 is 2.19 bits per heavy atom. The number of unbranched alkanes of at least 4 members (excludes halogenated alkanes) is 1. The van der Waals surface area contributed by atoms with E-state index in [1.165, 1.54) is 6.20 Å². The van der Waals surface area contributed by atoms with Gasteiger partial charge in [-0.25, -0.2) is 0 Å². The lowest BCUT2D eigenvalue weighted by Gasteiger charge is -2.06. The highest BCUT2D eigenvalue weighted by Gasteiger charge is 2.01. The van der Waals surface area contributed by atoms with E-state index in [1.54, 1.807) is 6.20 Å². The third kappa shape index (κ3) is 2.24. The average molecular weight is 217 g/mol. The van der Waals surface area contributed by atoms with Crippen molar-refractivity contribution in [2.75, 3.05) is 6.61 Å². The first kappa shape index (κ1) is 10.7. The first-order valence-corrected chi connectivity index (χ1v) is 5.51. The summed E-state index contributed by atoms with van der Waals surface area (Å²) in [6.07, 6.45) is 5.34. The van der Waals surface area contributed by atoms with Crippen LogP contribution in [0.5, 0.6) is 11.5 Å². The Bertz CT molecular complexity index is 482. The van der Waals surface area contributed by atoms with Crippen LogP contribution >= 0.6 is 0 Å². The van der Waals surface area contributed by atoms with E-state index in [1.807, 2.05) is 18.2 Å². The van der Waals surface area contributed by atoms with E-state index in [4.69, 9.17) is 4.74 Å². The number of benzene rings is 1. The van der Waals surface area contributed by atoms with Gasteiger partial charge >= 0.3 is 0 Å². The molecule has 0 saturated heterocycles. The quantitative estimate of drug-likeness (QED) is 0.800. The van der Waals surface area contributed by atoms with Crippen molar-refractivity contribution in [1.82, 2.24) is 4.98 Å². The van der Waals surface area contributed by atoms with Gasteiger partial charge in [0.15, 0.2) is 0 Å². The number of aromatic nitrogens is 1. The fourth-order valence-corrected chi connectivity index (χ4v) is 1.56. The molecule has 1 heterocycles. The van der Waals surface area contributed by atoms with Gasteiger partial charge in [0.05, 0.1) is 12.8 Å². The smallest absolute Gasteiger partial charge is 0.141 e. The summed E-state index contributed by atoms with van der Waals surface area (Å²) in [5, 5.41) is 11.3. The molecule has 0 radical (unpaired) electrons. The normalized spacial score (nSPS) is 10.6. The van der Waals surface area contributed by atoms with Gasteiger partial charge < -0.3 is 9.84 Å². The topological polar surface area (TPSA) is 42.4 Å². The van der Waals surface area contributed by atoms with Gasteiger partial charge in [-0.3, -0.25) is 4.98 Å². The molecular formula is C13H15NO2. The molecule has 0 aliphatic carbocycles. The second kappa shape index (κ2) is 4.84. The van der Waals surface area contributed by atoms with Gasteiger partial charge in [-0.1, -0.05) is 13.3 Å². The second-order valence-corrected chi connectivity index (χ2v) is 3.74. The standard InChI is InChI=1S/C13H15NO2/c1-2-3-6-16-11-4-5-12-10(7-11)8-14-9-13(12)15/h4-5,7-9,15H,2-3,6H2,1H3. The fourth-order valence-electron chi connectivity index (χ4n) is 1.56. The second-order valence-electron chi connectivity index (χ2n) is 3.74. The van der Waals surface area contributed by atoms with Gasteiger partial charge in [-0.05, 0) is 24.6 Å². The Balaban J connectivity index is 2.23. The summed E-state index contributed by atoms with van der Waals surface area (Å²) in [7, 11) is 0. The summed E-state index contributed by atoms with van der Waals surface area (Å²) in [6.45, 7) is 2.86. The van der Waals surface area contributed by atoms with Crippen LogP contribution in [0.3, 0.4) is 0 Å². The van der Waals surface area contributed by atoms with Crippen LogP contribution in [-0.4, -0.2) is 16.7 Å². The minimum atomic E-state index is 0.206.